The number of thiophene rings is 1. The van der Waals surface area contributed by atoms with Crippen LogP contribution in [-0.2, 0) is 0 Å². The molecule has 1 amide bonds. The molecule has 2 N–H and O–H groups in total. The van der Waals surface area contributed by atoms with Gasteiger partial charge in [0, 0.05) is 30.6 Å². The summed E-state index contributed by atoms with van der Waals surface area (Å²) in [7, 11) is 0. The minimum atomic E-state index is -0.475. The predicted octanol–water partition coefficient (Wildman–Crippen LogP) is 0.604. The molecule has 2 aliphatic rings. The van der Waals surface area contributed by atoms with Crippen LogP contribution < -0.4 is 10.6 Å². The summed E-state index contributed by atoms with van der Waals surface area (Å²) in [5, 5.41) is 18.2. The van der Waals surface area contributed by atoms with Gasteiger partial charge in [-0.3, -0.25) is 14.9 Å². The summed E-state index contributed by atoms with van der Waals surface area (Å²) in [5.41, 5.74) is 0.389. The number of piperidine rings is 1. The molecule has 0 bridgehead atoms. The Morgan fingerprint density at radius 3 is 2.82 bits per heavy atom. The quantitative estimate of drug-likeness (QED) is 0.610. The van der Waals surface area contributed by atoms with Gasteiger partial charge in [0.05, 0.1) is 10.5 Å². The molecule has 0 radical (unpaired) electrons. The van der Waals surface area contributed by atoms with E-state index in [2.05, 4.69) is 10.6 Å². The molecule has 1 aliphatic carbocycles. The minimum absolute atomic E-state index is 0.00723. The van der Waals surface area contributed by atoms with Crippen LogP contribution in [-0.4, -0.2) is 30.0 Å². The number of amides is 1. The van der Waals surface area contributed by atoms with Crippen LogP contribution in [0.5, 0.6) is 0 Å². The van der Waals surface area contributed by atoms with Gasteiger partial charge in [-0.1, -0.05) is 11.3 Å². The molecule has 1 aromatic heterocycles. The maximum absolute atomic E-state index is 11.8. The van der Waals surface area contributed by atoms with E-state index in [9.17, 15) is 14.9 Å². The van der Waals surface area contributed by atoms with E-state index in [-0.39, 0.29) is 17.0 Å². The van der Waals surface area contributed by atoms with Crippen molar-refractivity contribution in [1.29, 1.82) is 0 Å². The summed E-state index contributed by atoms with van der Waals surface area (Å²) in [6, 6.07) is 1.58. The van der Waals surface area contributed by atoms with Gasteiger partial charge in [-0.05, 0) is 11.8 Å². The second-order valence-electron chi connectivity index (χ2n) is 4.42. The van der Waals surface area contributed by atoms with E-state index in [0.717, 1.165) is 24.4 Å². The van der Waals surface area contributed by atoms with Crippen LogP contribution in [0, 0.1) is 22.0 Å². The summed E-state index contributed by atoms with van der Waals surface area (Å²) in [6.07, 6.45) is 0. The largest absolute Gasteiger partial charge is 0.349 e. The summed E-state index contributed by atoms with van der Waals surface area (Å²) >= 11 is 0.983. The molecular weight excluding hydrogens is 242 g/mol. The van der Waals surface area contributed by atoms with Crippen molar-refractivity contribution in [2.45, 2.75) is 6.04 Å². The van der Waals surface area contributed by atoms with Gasteiger partial charge in [0.2, 0.25) is 0 Å². The topological polar surface area (TPSA) is 84.3 Å². The Labute approximate surface area is 101 Å². The van der Waals surface area contributed by atoms with Crippen molar-refractivity contribution in [1.82, 2.24) is 10.6 Å². The van der Waals surface area contributed by atoms with Crippen molar-refractivity contribution in [2.75, 3.05) is 13.1 Å². The summed E-state index contributed by atoms with van der Waals surface area (Å²) < 4.78 is 0. The standard InChI is InChI=1S/C10H11N3O3S/c14-10(5-1-8(13(15)16)17-4-5)12-9-6-2-11-3-7(6)9/h1,4,6-7,9,11H,2-3H2,(H,12,14). The smallest absolute Gasteiger partial charge is 0.324 e. The highest BCUT2D eigenvalue weighted by atomic mass is 32.1. The maximum atomic E-state index is 11.8. The van der Waals surface area contributed by atoms with Crippen molar-refractivity contribution >= 4 is 22.2 Å². The van der Waals surface area contributed by atoms with Crippen molar-refractivity contribution in [3.63, 3.8) is 0 Å². The molecule has 1 saturated carbocycles. The Morgan fingerprint density at radius 1 is 1.53 bits per heavy atom. The number of nitrogens with zero attached hydrogens (tertiary/aromatic N) is 1. The van der Waals surface area contributed by atoms with Gasteiger partial charge in [-0.15, -0.1) is 0 Å². The zero-order valence-electron chi connectivity index (χ0n) is 8.88. The molecule has 6 nitrogen and oxygen atoms in total. The molecule has 2 fully saturated rings. The molecule has 17 heavy (non-hydrogen) atoms. The first-order chi connectivity index (χ1) is 8.16. The summed E-state index contributed by atoms with van der Waals surface area (Å²) in [5.74, 6) is 0.897. The van der Waals surface area contributed by atoms with Gasteiger partial charge in [-0.2, -0.15) is 0 Å². The van der Waals surface area contributed by atoms with Crippen molar-refractivity contribution in [3.8, 4) is 0 Å². The Bertz CT molecular complexity index is 477. The molecule has 90 valence electrons. The first-order valence-electron chi connectivity index (χ1n) is 5.41. The van der Waals surface area contributed by atoms with Gasteiger partial charge >= 0.3 is 5.00 Å². The minimum Gasteiger partial charge on any atom is -0.349 e. The predicted molar refractivity (Wildman–Crippen MR) is 62.1 cm³/mol. The Morgan fingerprint density at radius 2 is 2.24 bits per heavy atom. The highest BCUT2D eigenvalue weighted by Crippen LogP contribution is 2.41. The average molecular weight is 253 g/mol. The van der Waals surface area contributed by atoms with Crippen molar-refractivity contribution in [3.05, 3.63) is 27.1 Å². The zero-order valence-corrected chi connectivity index (χ0v) is 9.70. The fourth-order valence-electron chi connectivity index (χ4n) is 2.41. The van der Waals surface area contributed by atoms with Crippen LogP contribution in [0.25, 0.3) is 0 Å². The van der Waals surface area contributed by atoms with E-state index in [0.29, 0.717) is 17.4 Å². The third kappa shape index (κ3) is 1.81. The SMILES string of the molecule is O=C(NC1C2CNCC21)c1csc([N+](=O)[O-])c1. The Balaban J connectivity index is 1.64. The lowest BCUT2D eigenvalue weighted by atomic mass is 10.3. The van der Waals surface area contributed by atoms with E-state index in [1.165, 1.54) is 11.4 Å². The highest BCUT2D eigenvalue weighted by molar-refractivity contribution is 7.13. The fraction of sp³-hybridized carbons (Fsp3) is 0.500. The number of hydrogen-bond donors (Lipinski definition) is 2. The second-order valence-corrected chi connectivity index (χ2v) is 5.31. The third-order valence-corrected chi connectivity index (χ3v) is 4.30. The van der Waals surface area contributed by atoms with E-state index in [1.807, 2.05) is 0 Å². The lowest BCUT2D eigenvalue weighted by molar-refractivity contribution is -0.380. The average Bonchev–Trinajstić information content (AvgIpc) is 2.82. The lowest BCUT2D eigenvalue weighted by Crippen LogP contribution is -2.32. The first kappa shape index (κ1) is 10.7. The van der Waals surface area contributed by atoms with Crippen LogP contribution in [0.1, 0.15) is 10.4 Å². The molecule has 1 aromatic rings. The van der Waals surface area contributed by atoms with Crippen LogP contribution in [0.4, 0.5) is 5.00 Å². The molecule has 7 heteroatoms. The third-order valence-electron chi connectivity index (χ3n) is 3.42. The normalized spacial score (nSPS) is 29.8. The molecule has 2 heterocycles. The Kier molecular flexibility index (Phi) is 2.37. The van der Waals surface area contributed by atoms with Gasteiger partial charge in [-0.25, -0.2) is 0 Å². The van der Waals surface area contributed by atoms with E-state index >= 15 is 0 Å². The van der Waals surface area contributed by atoms with Crippen LogP contribution in [0.3, 0.4) is 0 Å². The highest BCUT2D eigenvalue weighted by Gasteiger charge is 2.53. The Hall–Kier alpha value is -1.47. The fourth-order valence-corrected chi connectivity index (χ4v) is 3.11. The molecule has 2 unspecified atom stereocenters. The van der Waals surface area contributed by atoms with E-state index < -0.39 is 4.92 Å². The van der Waals surface area contributed by atoms with Crippen molar-refractivity contribution in [2.24, 2.45) is 11.8 Å². The molecule has 0 spiro atoms. The van der Waals surface area contributed by atoms with Gasteiger partial charge in [0.15, 0.2) is 0 Å². The van der Waals surface area contributed by atoms with E-state index in [4.69, 9.17) is 0 Å². The summed E-state index contributed by atoms with van der Waals surface area (Å²) in [6.45, 7) is 1.92. The lowest BCUT2D eigenvalue weighted by Gasteiger charge is -2.05. The number of hydrogen-bond acceptors (Lipinski definition) is 5. The molecule has 1 aliphatic heterocycles. The second kappa shape index (κ2) is 3.78. The monoisotopic (exact) mass is 253 g/mol. The number of carbonyl (C=O) groups excluding carboxylic acids is 1. The van der Waals surface area contributed by atoms with Crippen LogP contribution in [0.15, 0.2) is 11.4 Å². The number of nitro groups is 1. The van der Waals surface area contributed by atoms with E-state index in [1.54, 1.807) is 0 Å². The molecule has 1 saturated heterocycles. The summed E-state index contributed by atoms with van der Waals surface area (Å²) in [4.78, 5) is 21.8. The molecule has 0 aromatic carbocycles. The molecule has 2 atom stereocenters. The number of rotatable bonds is 3. The van der Waals surface area contributed by atoms with Crippen LogP contribution >= 0.6 is 11.3 Å². The number of carbonyl (C=O) groups is 1. The van der Waals surface area contributed by atoms with Gasteiger partial charge < -0.3 is 10.6 Å². The number of nitrogens with one attached hydrogen (secondary N) is 2. The van der Waals surface area contributed by atoms with Crippen molar-refractivity contribution < 1.29 is 9.72 Å². The first-order valence-corrected chi connectivity index (χ1v) is 6.29. The number of fused-ring (bicyclic) bond motifs is 1. The zero-order chi connectivity index (χ0) is 12.0. The maximum Gasteiger partial charge on any atom is 0.324 e. The van der Waals surface area contributed by atoms with Gasteiger partial charge in [0.25, 0.3) is 5.91 Å². The van der Waals surface area contributed by atoms with Crippen LogP contribution in [0.2, 0.25) is 0 Å². The molecule has 3 rings (SSSR count). The van der Waals surface area contributed by atoms with Gasteiger partial charge in [0.1, 0.15) is 0 Å². The molecular formula is C10H11N3O3S.